The first-order valence-electron chi connectivity index (χ1n) is 10.1. The Hall–Kier alpha value is -2.53. The summed E-state index contributed by atoms with van der Waals surface area (Å²) in [5.74, 6) is 1.38. The maximum atomic E-state index is 12.1. The van der Waals surface area contributed by atoms with Crippen molar-refractivity contribution in [3.05, 3.63) is 54.1 Å². The molecule has 0 spiro atoms. The van der Waals surface area contributed by atoms with E-state index in [1.807, 2.05) is 36.4 Å². The maximum absolute atomic E-state index is 12.1. The first kappa shape index (κ1) is 20.2. The largest absolute Gasteiger partial charge is 0.494 e. The van der Waals surface area contributed by atoms with Crippen LogP contribution in [0.5, 0.6) is 5.75 Å². The molecule has 3 rings (SSSR count). The predicted octanol–water partition coefficient (Wildman–Crippen LogP) is 4.44. The second kappa shape index (κ2) is 10.1. The summed E-state index contributed by atoms with van der Waals surface area (Å²) in [6.07, 6.45) is 1.12. The lowest BCUT2D eigenvalue weighted by Crippen LogP contribution is -2.36. The number of anilines is 2. The molecule has 1 fully saturated rings. The molecule has 1 saturated heterocycles. The second-order valence-corrected chi connectivity index (χ2v) is 7.37. The summed E-state index contributed by atoms with van der Waals surface area (Å²) in [6.45, 7) is 8.22. The van der Waals surface area contributed by atoms with Crippen molar-refractivity contribution in [1.82, 2.24) is 0 Å². The van der Waals surface area contributed by atoms with Crippen molar-refractivity contribution in [3.63, 3.8) is 0 Å². The topological polar surface area (TPSA) is 50.8 Å². The molecular formula is C23H30N2O3. The van der Waals surface area contributed by atoms with E-state index in [9.17, 15) is 4.79 Å². The van der Waals surface area contributed by atoms with Crippen LogP contribution in [0.2, 0.25) is 0 Å². The number of hydrogen-bond acceptors (Lipinski definition) is 4. The molecule has 0 radical (unpaired) electrons. The van der Waals surface area contributed by atoms with E-state index in [0.29, 0.717) is 25.4 Å². The van der Waals surface area contributed by atoms with E-state index < -0.39 is 0 Å². The lowest BCUT2D eigenvalue weighted by molar-refractivity contribution is -0.116. The molecule has 150 valence electrons. The highest BCUT2D eigenvalue weighted by Gasteiger charge is 2.11. The van der Waals surface area contributed by atoms with Crippen molar-refractivity contribution in [2.24, 2.45) is 0 Å². The van der Waals surface area contributed by atoms with Gasteiger partial charge in [-0.15, -0.1) is 0 Å². The minimum atomic E-state index is 0.0119. The molecule has 0 aliphatic carbocycles. The number of carbonyl (C=O) groups excluding carboxylic acids is 1. The zero-order valence-electron chi connectivity index (χ0n) is 16.8. The van der Waals surface area contributed by atoms with E-state index >= 15 is 0 Å². The molecule has 2 aromatic rings. The third kappa shape index (κ3) is 5.99. The van der Waals surface area contributed by atoms with Gasteiger partial charge in [-0.05, 0) is 54.3 Å². The molecule has 1 amide bonds. The average molecular weight is 383 g/mol. The monoisotopic (exact) mass is 382 g/mol. The summed E-state index contributed by atoms with van der Waals surface area (Å²) >= 11 is 0. The molecule has 1 heterocycles. The Morgan fingerprint density at radius 3 is 2.39 bits per heavy atom. The Kier molecular flexibility index (Phi) is 7.31. The van der Waals surface area contributed by atoms with Crippen molar-refractivity contribution < 1.29 is 14.3 Å². The third-order valence-electron chi connectivity index (χ3n) is 4.89. The van der Waals surface area contributed by atoms with Gasteiger partial charge in [-0.2, -0.15) is 0 Å². The molecule has 2 aromatic carbocycles. The van der Waals surface area contributed by atoms with Gasteiger partial charge in [0.15, 0.2) is 0 Å². The highest BCUT2D eigenvalue weighted by atomic mass is 16.5. The van der Waals surface area contributed by atoms with Crippen molar-refractivity contribution >= 4 is 17.3 Å². The Bertz CT molecular complexity index is 735. The normalized spacial score (nSPS) is 14.2. The second-order valence-electron chi connectivity index (χ2n) is 7.37. The molecule has 5 nitrogen and oxygen atoms in total. The molecule has 28 heavy (non-hydrogen) atoms. The fourth-order valence-corrected chi connectivity index (χ4v) is 3.17. The number of amides is 1. The van der Waals surface area contributed by atoms with E-state index in [4.69, 9.17) is 9.47 Å². The zero-order chi connectivity index (χ0) is 19.8. The van der Waals surface area contributed by atoms with Crippen molar-refractivity contribution in [1.29, 1.82) is 0 Å². The first-order chi connectivity index (χ1) is 13.6. The Balaban J connectivity index is 1.37. The van der Waals surface area contributed by atoms with Gasteiger partial charge in [0.1, 0.15) is 5.75 Å². The van der Waals surface area contributed by atoms with Crippen LogP contribution in [0.4, 0.5) is 11.4 Å². The highest BCUT2D eigenvalue weighted by Crippen LogP contribution is 2.20. The fraction of sp³-hybridized carbons (Fsp3) is 0.435. The van der Waals surface area contributed by atoms with Gasteiger partial charge in [0.05, 0.1) is 19.8 Å². The molecule has 0 atom stereocenters. The number of benzene rings is 2. The summed E-state index contributed by atoms with van der Waals surface area (Å²) < 4.78 is 11.1. The van der Waals surface area contributed by atoms with E-state index in [0.717, 1.165) is 43.4 Å². The van der Waals surface area contributed by atoms with E-state index in [1.165, 1.54) is 5.56 Å². The molecule has 0 unspecified atom stereocenters. The Morgan fingerprint density at radius 2 is 1.75 bits per heavy atom. The molecule has 1 aliphatic heterocycles. The lowest BCUT2D eigenvalue weighted by atomic mass is 10.0. The number of nitrogens with one attached hydrogen (secondary N) is 1. The van der Waals surface area contributed by atoms with Crippen molar-refractivity contribution in [2.45, 2.75) is 32.6 Å². The quantitative estimate of drug-likeness (QED) is 0.686. The van der Waals surface area contributed by atoms with Crippen LogP contribution in [-0.4, -0.2) is 38.8 Å². The number of nitrogens with zero attached hydrogens (tertiary/aromatic N) is 1. The minimum Gasteiger partial charge on any atom is -0.494 e. The number of carbonyl (C=O) groups is 1. The SMILES string of the molecule is CC(C)c1ccc(OCCCC(=O)Nc2ccc(N3CCOCC3)cc2)cc1. The average Bonchev–Trinajstić information content (AvgIpc) is 2.73. The summed E-state index contributed by atoms with van der Waals surface area (Å²) in [7, 11) is 0. The Labute approximate surface area is 167 Å². The summed E-state index contributed by atoms with van der Waals surface area (Å²) in [6, 6.07) is 16.2. The van der Waals surface area contributed by atoms with Crippen molar-refractivity contribution in [3.8, 4) is 5.75 Å². The molecule has 0 aromatic heterocycles. The van der Waals surface area contributed by atoms with Gasteiger partial charge in [0.25, 0.3) is 0 Å². The van der Waals surface area contributed by atoms with Crippen LogP contribution >= 0.6 is 0 Å². The van der Waals surface area contributed by atoms with Crippen LogP contribution in [-0.2, 0) is 9.53 Å². The van der Waals surface area contributed by atoms with E-state index in [-0.39, 0.29) is 5.91 Å². The molecule has 0 bridgehead atoms. The highest BCUT2D eigenvalue weighted by molar-refractivity contribution is 5.90. The van der Waals surface area contributed by atoms with Gasteiger partial charge >= 0.3 is 0 Å². The van der Waals surface area contributed by atoms with Crippen LogP contribution in [0.1, 0.15) is 38.2 Å². The standard InChI is InChI=1S/C23H30N2O3/c1-18(2)19-5-11-22(12-6-19)28-15-3-4-23(26)24-20-7-9-21(10-8-20)25-13-16-27-17-14-25/h5-12,18H,3-4,13-17H2,1-2H3,(H,24,26). The van der Waals surface area contributed by atoms with Gasteiger partial charge in [-0.25, -0.2) is 0 Å². The van der Waals surface area contributed by atoms with Crippen LogP contribution in [0, 0.1) is 0 Å². The van der Waals surface area contributed by atoms with Crippen LogP contribution < -0.4 is 15.0 Å². The van der Waals surface area contributed by atoms with Crippen molar-refractivity contribution in [2.75, 3.05) is 43.1 Å². The van der Waals surface area contributed by atoms with Gasteiger partial charge in [0, 0.05) is 30.9 Å². The van der Waals surface area contributed by atoms with Gasteiger partial charge in [-0.1, -0.05) is 26.0 Å². The molecule has 5 heteroatoms. The molecule has 1 N–H and O–H groups in total. The zero-order valence-corrected chi connectivity index (χ0v) is 16.8. The van der Waals surface area contributed by atoms with Crippen LogP contribution in [0.3, 0.4) is 0 Å². The first-order valence-corrected chi connectivity index (χ1v) is 10.1. The van der Waals surface area contributed by atoms with Gasteiger partial charge < -0.3 is 19.7 Å². The number of morpholine rings is 1. The molecular weight excluding hydrogens is 352 g/mol. The lowest BCUT2D eigenvalue weighted by Gasteiger charge is -2.28. The van der Waals surface area contributed by atoms with Crippen LogP contribution in [0.25, 0.3) is 0 Å². The predicted molar refractivity (Wildman–Crippen MR) is 113 cm³/mol. The minimum absolute atomic E-state index is 0.0119. The molecule has 0 saturated carbocycles. The van der Waals surface area contributed by atoms with E-state index in [1.54, 1.807) is 0 Å². The third-order valence-corrected chi connectivity index (χ3v) is 4.89. The smallest absolute Gasteiger partial charge is 0.224 e. The van der Waals surface area contributed by atoms with E-state index in [2.05, 4.69) is 36.2 Å². The maximum Gasteiger partial charge on any atom is 0.224 e. The summed E-state index contributed by atoms with van der Waals surface area (Å²) in [4.78, 5) is 14.4. The number of hydrogen-bond donors (Lipinski definition) is 1. The summed E-state index contributed by atoms with van der Waals surface area (Å²) in [5.41, 5.74) is 3.29. The van der Waals surface area contributed by atoms with Crippen LogP contribution in [0.15, 0.2) is 48.5 Å². The molecule has 1 aliphatic rings. The van der Waals surface area contributed by atoms with Gasteiger partial charge in [0.2, 0.25) is 5.91 Å². The number of ether oxygens (including phenoxy) is 2. The number of rotatable bonds is 8. The van der Waals surface area contributed by atoms with Gasteiger partial charge in [-0.3, -0.25) is 4.79 Å². The Morgan fingerprint density at radius 1 is 1.07 bits per heavy atom. The summed E-state index contributed by atoms with van der Waals surface area (Å²) in [5, 5.41) is 2.95. The fourth-order valence-electron chi connectivity index (χ4n) is 3.17.